The van der Waals surface area contributed by atoms with Gasteiger partial charge in [0.1, 0.15) is 0 Å². The van der Waals surface area contributed by atoms with Crippen LogP contribution < -0.4 is 4.90 Å². The van der Waals surface area contributed by atoms with E-state index in [0.717, 1.165) is 0 Å². The first-order valence-corrected chi connectivity index (χ1v) is 7.21. The van der Waals surface area contributed by atoms with Crippen molar-refractivity contribution in [2.75, 3.05) is 11.9 Å². The molecular formula is C17H14ClNO3. The number of carbonyl (C=O) groups is 2. The number of halogens is 1. The van der Waals surface area contributed by atoms with Crippen LogP contribution in [0.25, 0.3) is 0 Å². The van der Waals surface area contributed by atoms with E-state index in [0.29, 0.717) is 21.8 Å². The lowest BCUT2D eigenvalue weighted by atomic mass is 9.88. The number of rotatable bonds is 3. The predicted octanol–water partition coefficient (Wildman–Crippen LogP) is 2.78. The third-order valence-electron chi connectivity index (χ3n) is 3.96. The molecule has 0 radical (unpaired) electrons. The van der Waals surface area contributed by atoms with E-state index in [-0.39, 0.29) is 12.2 Å². The molecule has 1 amide bonds. The Labute approximate surface area is 132 Å². The molecule has 0 bridgehead atoms. The number of likely N-dealkylation sites (N-methyl/N-ethyl adjacent to an activating group) is 1. The van der Waals surface area contributed by atoms with Gasteiger partial charge in [-0.3, -0.25) is 9.59 Å². The number of hydrogen-bond acceptors (Lipinski definition) is 3. The van der Waals surface area contributed by atoms with E-state index in [1.54, 1.807) is 55.6 Å². The second kappa shape index (κ2) is 5.23. The molecule has 1 aliphatic rings. The Kier molecular flexibility index (Phi) is 3.51. The van der Waals surface area contributed by atoms with Crippen molar-refractivity contribution in [2.24, 2.45) is 0 Å². The van der Waals surface area contributed by atoms with E-state index < -0.39 is 11.5 Å². The number of nitrogens with zero attached hydrogens (tertiary/aromatic N) is 1. The number of Topliss-reactive ketones (excluding diaryl/α,β-unsaturated/α-hetero) is 1. The lowest BCUT2D eigenvalue weighted by molar-refractivity contribution is -0.135. The molecule has 1 aliphatic heterocycles. The maximum atomic E-state index is 12.5. The maximum Gasteiger partial charge on any atom is 0.263 e. The molecule has 22 heavy (non-hydrogen) atoms. The van der Waals surface area contributed by atoms with Crippen molar-refractivity contribution in [3.63, 3.8) is 0 Å². The molecule has 2 aromatic carbocycles. The van der Waals surface area contributed by atoms with Gasteiger partial charge in [0.05, 0.1) is 17.1 Å². The number of hydrogen-bond donors (Lipinski definition) is 1. The number of ketones is 1. The molecule has 0 fully saturated rings. The first kappa shape index (κ1) is 14.8. The molecule has 0 aromatic heterocycles. The average Bonchev–Trinajstić information content (AvgIpc) is 2.70. The minimum atomic E-state index is -1.85. The molecule has 1 atom stereocenters. The van der Waals surface area contributed by atoms with Crippen LogP contribution >= 0.6 is 11.6 Å². The van der Waals surface area contributed by atoms with Gasteiger partial charge in [-0.25, -0.2) is 0 Å². The molecule has 0 saturated carbocycles. The summed E-state index contributed by atoms with van der Waals surface area (Å²) >= 11 is 6.02. The first-order valence-electron chi connectivity index (χ1n) is 6.83. The Morgan fingerprint density at radius 1 is 1.18 bits per heavy atom. The number of amides is 1. The van der Waals surface area contributed by atoms with Crippen LogP contribution in [0.15, 0.2) is 48.5 Å². The Hall–Kier alpha value is -2.17. The Morgan fingerprint density at radius 3 is 2.55 bits per heavy atom. The molecule has 1 N–H and O–H groups in total. The molecule has 5 heteroatoms. The molecule has 3 rings (SSSR count). The van der Waals surface area contributed by atoms with Crippen molar-refractivity contribution >= 4 is 29.0 Å². The lowest BCUT2D eigenvalue weighted by Gasteiger charge is -2.21. The van der Waals surface area contributed by atoms with E-state index in [9.17, 15) is 14.7 Å². The molecule has 4 nitrogen and oxygen atoms in total. The number of benzene rings is 2. The summed E-state index contributed by atoms with van der Waals surface area (Å²) in [7, 11) is 1.58. The highest BCUT2D eigenvalue weighted by molar-refractivity contribution is 6.34. The fourth-order valence-corrected chi connectivity index (χ4v) is 3.04. The Bertz CT molecular complexity index is 774. The average molecular weight is 316 g/mol. The number of para-hydroxylation sites is 1. The van der Waals surface area contributed by atoms with Gasteiger partial charge in [0.2, 0.25) is 0 Å². The van der Waals surface area contributed by atoms with Crippen LogP contribution in [0.5, 0.6) is 0 Å². The van der Waals surface area contributed by atoms with Crippen LogP contribution in [-0.4, -0.2) is 23.8 Å². The maximum absolute atomic E-state index is 12.5. The fourth-order valence-electron chi connectivity index (χ4n) is 2.80. The third kappa shape index (κ3) is 2.12. The molecule has 1 heterocycles. The van der Waals surface area contributed by atoms with Gasteiger partial charge in [0.15, 0.2) is 11.4 Å². The van der Waals surface area contributed by atoms with Crippen molar-refractivity contribution < 1.29 is 14.7 Å². The molecule has 2 aromatic rings. The van der Waals surface area contributed by atoms with E-state index in [4.69, 9.17) is 11.6 Å². The summed E-state index contributed by atoms with van der Waals surface area (Å²) in [5, 5.41) is 11.2. The van der Waals surface area contributed by atoms with Crippen molar-refractivity contribution in [1.29, 1.82) is 0 Å². The monoisotopic (exact) mass is 315 g/mol. The predicted molar refractivity (Wildman–Crippen MR) is 84.1 cm³/mol. The summed E-state index contributed by atoms with van der Waals surface area (Å²) in [5.74, 6) is -0.874. The van der Waals surface area contributed by atoms with Crippen molar-refractivity contribution in [3.05, 3.63) is 64.7 Å². The Morgan fingerprint density at radius 2 is 1.82 bits per heavy atom. The summed E-state index contributed by atoms with van der Waals surface area (Å²) in [6.45, 7) is 0. The van der Waals surface area contributed by atoms with Crippen molar-refractivity contribution in [3.8, 4) is 0 Å². The lowest BCUT2D eigenvalue weighted by Crippen LogP contribution is -2.40. The van der Waals surface area contributed by atoms with Gasteiger partial charge in [-0.05, 0) is 18.2 Å². The van der Waals surface area contributed by atoms with E-state index in [2.05, 4.69) is 0 Å². The minimum Gasteiger partial charge on any atom is -0.375 e. The second-order valence-corrected chi connectivity index (χ2v) is 5.73. The molecule has 0 aliphatic carbocycles. The normalized spacial score (nSPS) is 20.1. The topological polar surface area (TPSA) is 57.6 Å². The highest BCUT2D eigenvalue weighted by Crippen LogP contribution is 2.42. The van der Waals surface area contributed by atoms with Gasteiger partial charge in [-0.2, -0.15) is 0 Å². The quantitative estimate of drug-likeness (QED) is 0.886. The van der Waals surface area contributed by atoms with Gasteiger partial charge in [-0.15, -0.1) is 0 Å². The smallest absolute Gasteiger partial charge is 0.263 e. The van der Waals surface area contributed by atoms with Crippen LogP contribution in [0.1, 0.15) is 22.3 Å². The summed E-state index contributed by atoms with van der Waals surface area (Å²) in [6.07, 6.45) is -0.336. The molecule has 0 unspecified atom stereocenters. The zero-order valence-electron chi connectivity index (χ0n) is 11.9. The van der Waals surface area contributed by atoms with E-state index in [1.165, 1.54) is 4.90 Å². The van der Waals surface area contributed by atoms with Gasteiger partial charge in [-0.1, -0.05) is 41.9 Å². The standard InChI is InChI=1S/C17H14ClNO3/c1-19-14-9-5-3-7-12(14)17(22,16(19)21)10-15(20)11-6-2-4-8-13(11)18/h2-9,22H,10H2,1H3/t17-/m1/s1. The largest absolute Gasteiger partial charge is 0.375 e. The van der Waals surface area contributed by atoms with Gasteiger partial charge in [0, 0.05) is 18.2 Å². The van der Waals surface area contributed by atoms with Gasteiger partial charge < -0.3 is 10.0 Å². The SMILES string of the molecule is CN1C(=O)[C@@](O)(CC(=O)c2ccccc2Cl)c2ccccc21. The van der Waals surface area contributed by atoms with Crippen LogP contribution in [0, 0.1) is 0 Å². The van der Waals surface area contributed by atoms with Gasteiger partial charge in [0.25, 0.3) is 5.91 Å². The highest BCUT2D eigenvalue weighted by Gasteiger charge is 2.49. The van der Waals surface area contributed by atoms with E-state index >= 15 is 0 Å². The van der Waals surface area contributed by atoms with Crippen LogP contribution in [0.4, 0.5) is 5.69 Å². The minimum absolute atomic E-state index is 0.303. The van der Waals surface area contributed by atoms with Gasteiger partial charge >= 0.3 is 0 Å². The number of anilines is 1. The van der Waals surface area contributed by atoms with Crippen LogP contribution in [-0.2, 0) is 10.4 Å². The fraction of sp³-hybridized carbons (Fsp3) is 0.176. The molecule has 0 spiro atoms. The summed E-state index contributed by atoms with van der Waals surface area (Å²) in [4.78, 5) is 26.3. The number of aliphatic hydroxyl groups is 1. The Balaban J connectivity index is 2.00. The molecular weight excluding hydrogens is 302 g/mol. The molecule has 0 saturated heterocycles. The second-order valence-electron chi connectivity index (χ2n) is 5.32. The van der Waals surface area contributed by atoms with Crippen molar-refractivity contribution in [1.82, 2.24) is 0 Å². The third-order valence-corrected chi connectivity index (χ3v) is 4.29. The summed E-state index contributed by atoms with van der Waals surface area (Å²) < 4.78 is 0. The van der Waals surface area contributed by atoms with E-state index in [1.807, 2.05) is 0 Å². The molecule has 112 valence electrons. The highest BCUT2D eigenvalue weighted by atomic mass is 35.5. The zero-order valence-corrected chi connectivity index (χ0v) is 12.7. The summed E-state index contributed by atoms with van der Waals surface area (Å²) in [6, 6.07) is 13.5. The van der Waals surface area contributed by atoms with Crippen molar-refractivity contribution in [2.45, 2.75) is 12.0 Å². The summed E-state index contributed by atoms with van der Waals surface area (Å²) in [5.41, 5.74) is -0.482. The zero-order chi connectivity index (χ0) is 15.9. The van der Waals surface area contributed by atoms with Crippen LogP contribution in [0.3, 0.4) is 0 Å². The van der Waals surface area contributed by atoms with Crippen LogP contribution in [0.2, 0.25) is 5.02 Å². The number of fused-ring (bicyclic) bond motifs is 1. The first-order chi connectivity index (χ1) is 10.4. The number of carbonyl (C=O) groups excluding carboxylic acids is 2.